The van der Waals surface area contributed by atoms with E-state index in [9.17, 15) is 14.4 Å². The minimum atomic E-state index is -0.281. The number of nitrogens with zero attached hydrogens (tertiary/aromatic N) is 3. The SMILES string of the molecule is Cc1ccc(C(=O)N2CC=CCC2)c(C2CCN(C(=O)c3cc(=O)[nH]c4ccccc34)CC2)n1. The summed E-state index contributed by atoms with van der Waals surface area (Å²) in [5.74, 6) is 0.00819. The Labute approximate surface area is 198 Å². The molecule has 7 heteroatoms. The summed E-state index contributed by atoms with van der Waals surface area (Å²) in [5.41, 5.74) is 3.21. The second-order valence-corrected chi connectivity index (χ2v) is 9.06. The molecule has 5 rings (SSSR count). The fourth-order valence-corrected chi connectivity index (χ4v) is 4.97. The van der Waals surface area contributed by atoms with Crippen molar-refractivity contribution in [1.82, 2.24) is 19.8 Å². The van der Waals surface area contributed by atoms with Gasteiger partial charge >= 0.3 is 0 Å². The van der Waals surface area contributed by atoms with Crippen molar-refractivity contribution in [1.29, 1.82) is 0 Å². The molecule has 34 heavy (non-hydrogen) atoms. The molecule has 2 aromatic heterocycles. The van der Waals surface area contributed by atoms with Crippen LogP contribution in [0.5, 0.6) is 0 Å². The number of amides is 2. The Morgan fingerprint density at radius 3 is 2.47 bits per heavy atom. The van der Waals surface area contributed by atoms with Crippen LogP contribution in [0.3, 0.4) is 0 Å². The summed E-state index contributed by atoms with van der Waals surface area (Å²) in [6.07, 6.45) is 6.46. The van der Waals surface area contributed by atoms with E-state index < -0.39 is 0 Å². The first-order valence-electron chi connectivity index (χ1n) is 11.8. The first-order chi connectivity index (χ1) is 16.5. The van der Waals surface area contributed by atoms with E-state index in [-0.39, 0.29) is 23.3 Å². The van der Waals surface area contributed by atoms with Gasteiger partial charge in [0.2, 0.25) is 5.56 Å². The third-order valence-electron chi connectivity index (χ3n) is 6.79. The van der Waals surface area contributed by atoms with Crippen LogP contribution >= 0.6 is 0 Å². The normalized spacial score (nSPS) is 16.7. The highest BCUT2D eigenvalue weighted by Gasteiger charge is 2.30. The molecule has 3 aromatic rings. The lowest BCUT2D eigenvalue weighted by Crippen LogP contribution is -2.39. The van der Waals surface area contributed by atoms with Gasteiger partial charge in [-0.05, 0) is 44.4 Å². The molecule has 2 aliphatic rings. The van der Waals surface area contributed by atoms with Crippen LogP contribution in [0, 0.1) is 6.92 Å². The summed E-state index contributed by atoms with van der Waals surface area (Å²) in [7, 11) is 0. The van der Waals surface area contributed by atoms with Crippen molar-refractivity contribution >= 4 is 22.7 Å². The number of piperidine rings is 1. The van der Waals surface area contributed by atoms with Crippen molar-refractivity contribution in [3.8, 4) is 0 Å². The zero-order valence-corrected chi connectivity index (χ0v) is 19.3. The molecule has 2 aliphatic heterocycles. The molecule has 4 heterocycles. The van der Waals surface area contributed by atoms with Crippen LogP contribution in [0.4, 0.5) is 0 Å². The highest BCUT2D eigenvalue weighted by molar-refractivity contribution is 6.06. The summed E-state index contributed by atoms with van der Waals surface area (Å²) in [6.45, 7) is 4.40. The Balaban J connectivity index is 1.36. The fraction of sp³-hybridized carbons (Fsp3) is 0.333. The summed E-state index contributed by atoms with van der Waals surface area (Å²) in [5, 5.41) is 0.748. The summed E-state index contributed by atoms with van der Waals surface area (Å²) in [6, 6.07) is 12.6. The van der Waals surface area contributed by atoms with Crippen LogP contribution in [-0.2, 0) is 0 Å². The second kappa shape index (κ2) is 9.25. The minimum Gasteiger partial charge on any atom is -0.339 e. The molecule has 0 radical (unpaired) electrons. The van der Waals surface area contributed by atoms with Gasteiger partial charge in [-0.15, -0.1) is 0 Å². The average molecular weight is 457 g/mol. The number of carbonyl (C=O) groups is 2. The standard InChI is InChI=1S/C27H28N4O3/c1-18-9-10-21(26(33)30-13-5-2-6-14-30)25(28-18)19-11-15-31(16-12-19)27(34)22-17-24(32)29-23-8-4-3-7-20(22)23/h2-5,7-10,17,19H,6,11-16H2,1H3,(H,29,32). The Morgan fingerprint density at radius 1 is 0.941 bits per heavy atom. The molecule has 2 amide bonds. The van der Waals surface area contributed by atoms with Crippen molar-refractivity contribution < 1.29 is 9.59 Å². The highest BCUT2D eigenvalue weighted by Crippen LogP contribution is 2.31. The number of hydrogen-bond acceptors (Lipinski definition) is 4. The summed E-state index contributed by atoms with van der Waals surface area (Å²) in [4.78, 5) is 49.9. The van der Waals surface area contributed by atoms with Crippen molar-refractivity contribution in [2.24, 2.45) is 0 Å². The maximum Gasteiger partial charge on any atom is 0.256 e. The average Bonchev–Trinajstić information content (AvgIpc) is 2.88. The molecular weight excluding hydrogens is 428 g/mol. The monoisotopic (exact) mass is 456 g/mol. The van der Waals surface area contributed by atoms with Gasteiger partial charge in [0.15, 0.2) is 0 Å². The van der Waals surface area contributed by atoms with Crippen molar-refractivity contribution in [2.75, 3.05) is 26.2 Å². The quantitative estimate of drug-likeness (QED) is 0.610. The zero-order chi connectivity index (χ0) is 23.7. The molecule has 1 aromatic carbocycles. The van der Waals surface area contributed by atoms with E-state index in [2.05, 4.69) is 11.1 Å². The molecule has 1 N–H and O–H groups in total. The molecule has 0 unspecified atom stereocenters. The van der Waals surface area contributed by atoms with E-state index in [0.29, 0.717) is 36.3 Å². The van der Waals surface area contributed by atoms with Gasteiger partial charge in [-0.25, -0.2) is 0 Å². The lowest BCUT2D eigenvalue weighted by Gasteiger charge is -2.33. The maximum absolute atomic E-state index is 13.3. The number of likely N-dealkylation sites (tertiary alicyclic amines) is 1. The van der Waals surface area contributed by atoms with Gasteiger partial charge in [0.25, 0.3) is 11.8 Å². The van der Waals surface area contributed by atoms with E-state index >= 15 is 0 Å². The maximum atomic E-state index is 13.3. The number of H-pyrrole nitrogens is 1. The minimum absolute atomic E-state index is 0.0281. The van der Waals surface area contributed by atoms with Crippen molar-refractivity contribution in [3.05, 3.63) is 87.5 Å². The van der Waals surface area contributed by atoms with Gasteiger partial charge in [0.05, 0.1) is 16.8 Å². The van der Waals surface area contributed by atoms with Crippen LogP contribution in [0.15, 0.2) is 59.4 Å². The van der Waals surface area contributed by atoms with Gasteiger partial charge in [0.1, 0.15) is 0 Å². The van der Waals surface area contributed by atoms with E-state index in [1.807, 2.05) is 53.1 Å². The Hall–Kier alpha value is -3.74. The molecule has 7 nitrogen and oxygen atoms in total. The number of benzene rings is 1. The van der Waals surface area contributed by atoms with E-state index in [4.69, 9.17) is 4.98 Å². The molecule has 0 atom stereocenters. The van der Waals surface area contributed by atoms with Crippen LogP contribution < -0.4 is 5.56 Å². The van der Waals surface area contributed by atoms with Gasteiger partial charge in [-0.1, -0.05) is 30.4 Å². The van der Waals surface area contributed by atoms with Gasteiger partial charge < -0.3 is 14.8 Å². The van der Waals surface area contributed by atoms with Gasteiger partial charge in [0, 0.05) is 54.8 Å². The number of rotatable bonds is 3. The molecule has 0 aliphatic carbocycles. The highest BCUT2D eigenvalue weighted by atomic mass is 16.2. The Morgan fingerprint density at radius 2 is 1.71 bits per heavy atom. The number of aromatic amines is 1. The molecule has 0 spiro atoms. The Kier molecular flexibility index (Phi) is 6.01. The second-order valence-electron chi connectivity index (χ2n) is 9.06. The number of fused-ring (bicyclic) bond motifs is 1. The molecule has 1 saturated heterocycles. The smallest absolute Gasteiger partial charge is 0.256 e. The first kappa shape index (κ1) is 22.1. The molecule has 0 bridgehead atoms. The summed E-state index contributed by atoms with van der Waals surface area (Å²) >= 11 is 0. The number of nitrogens with one attached hydrogen (secondary N) is 1. The number of carbonyl (C=O) groups excluding carboxylic acids is 2. The van der Waals surface area contributed by atoms with Crippen LogP contribution in [0.25, 0.3) is 10.9 Å². The van der Waals surface area contributed by atoms with Crippen LogP contribution in [0.2, 0.25) is 0 Å². The largest absolute Gasteiger partial charge is 0.339 e. The molecular formula is C27H28N4O3. The zero-order valence-electron chi connectivity index (χ0n) is 19.3. The Bertz CT molecular complexity index is 1340. The molecule has 1 fully saturated rings. The lowest BCUT2D eigenvalue weighted by molar-refractivity contribution is 0.0707. The third-order valence-corrected chi connectivity index (χ3v) is 6.79. The van der Waals surface area contributed by atoms with E-state index in [0.717, 1.165) is 42.6 Å². The summed E-state index contributed by atoms with van der Waals surface area (Å²) < 4.78 is 0. The first-order valence-corrected chi connectivity index (χ1v) is 11.8. The van der Waals surface area contributed by atoms with Crippen LogP contribution in [-0.4, -0.2) is 57.8 Å². The third kappa shape index (κ3) is 4.25. The topological polar surface area (TPSA) is 86.4 Å². The predicted octanol–water partition coefficient (Wildman–Crippen LogP) is 3.65. The van der Waals surface area contributed by atoms with Crippen LogP contribution in [0.1, 0.15) is 57.3 Å². The number of aryl methyl sites for hydroxylation is 1. The van der Waals surface area contributed by atoms with E-state index in [1.54, 1.807) is 6.07 Å². The number of pyridine rings is 2. The lowest BCUT2D eigenvalue weighted by atomic mass is 9.89. The molecule has 0 saturated carbocycles. The van der Waals surface area contributed by atoms with Gasteiger partial charge in [-0.2, -0.15) is 0 Å². The fourth-order valence-electron chi connectivity index (χ4n) is 4.97. The van der Waals surface area contributed by atoms with Crippen molar-refractivity contribution in [3.63, 3.8) is 0 Å². The number of aromatic nitrogens is 2. The number of para-hydroxylation sites is 1. The van der Waals surface area contributed by atoms with Crippen molar-refractivity contribution in [2.45, 2.75) is 32.1 Å². The number of hydrogen-bond donors (Lipinski definition) is 1. The van der Waals surface area contributed by atoms with Gasteiger partial charge in [-0.3, -0.25) is 19.4 Å². The predicted molar refractivity (Wildman–Crippen MR) is 131 cm³/mol. The van der Waals surface area contributed by atoms with E-state index in [1.165, 1.54) is 6.07 Å². The molecule has 174 valence electrons.